The zero-order valence-electron chi connectivity index (χ0n) is 26.6. The van der Waals surface area contributed by atoms with E-state index in [0.29, 0.717) is 19.4 Å². The second kappa shape index (κ2) is 15.7. The summed E-state index contributed by atoms with van der Waals surface area (Å²) in [5.41, 5.74) is 1.94. The molecule has 0 saturated carbocycles. The van der Waals surface area contributed by atoms with Crippen LogP contribution in [0.15, 0.2) is 84.9 Å². The van der Waals surface area contributed by atoms with E-state index in [0.717, 1.165) is 77.9 Å². The van der Waals surface area contributed by atoms with Gasteiger partial charge in [-0.05, 0) is 65.0 Å². The summed E-state index contributed by atoms with van der Waals surface area (Å²) in [6, 6.07) is 27.1. The first-order chi connectivity index (χ1) is 21.9. The van der Waals surface area contributed by atoms with Crippen LogP contribution in [0.3, 0.4) is 0 Å². The molecular weight excluding hydrogens is 560 g/mol. The maximum Gasteiger partial charge on any atom is 0.245 e. The topological polar surface area (TPSA) is 90.5 Å². The number of nitrogens with zero attached hydrogens (tertiary/aromatic N) is 1. The average Bonchev–Trinajstić information content (AvgIpc) is 3.08. The molecule has 4 aromatic rings. The summed E-state index contributed by atoms with van der Waals surface area (Å²) in [4.78, 5) is 43.1. The van der Waals surface area contributed by atoms with Crippen molar-refractivity contribution in [3.63, 3.8) is 0 Å². The molecule has 1 aliphatic heterocycles. The van der Waals surface area contributed by atoms with Gasteiger partial charge >= 0.3 is 0 Å². The molecule has 7 heteroatoms. The fourth-order valence-corrected chi connectivity index (χ4v) is 6.27. The van der Waals surface area contributed by atoms with Crippen molar-refractivity contribution in [3.05, 3.63) is 96.1 Å². The van der Waals surface area contributed by atoms with Crippen molar-refractivity contribution in [2.24, 2.45) is 5.92 Å². The Hall–Kier alpha value is -4.23. The second-order valence-electron chi connectivity index (χ2n) is 12.3. The molecule has 2 atom stereocenters. The van der Waals surface area contributed by atoms with Crippen molar-refractivity contribution >= 4 is 39.3 Å². The molecule has 2 unspecified atom stereocenters. The van der Waals surface area contributed by atoms with Crippen LogP contribution < -0.4 is 16.0 Å². The van der Waals surface area contributed by atoms with Gasteiger partial charge in [0.25, 0.3) is 0 Å². The Kier molecular flexibility index (Phi) is 11.2. The van der Waals surface area contributed by atoms with Gasteiger partial charge in [-0.15, -0.1) is 0 Å². The Labute approximate surface area is 266 Å². The van der Waals surface area contributed by atoms with Crippen molar-refractivity contribution in [3.8, 4) is 0 Å². The summed E-state index contributed by atoms with van der Waals surface area (Å²) in [5.74, 6) is -0.679. The van der Waals surface area contributed by atoms with Gasteiger partial charge in [0.15, 0.2) is 0 Å². The molecule has 7 nitrogen and oxygen atoms in total. The molecule has 1 heterocycles. The Morgan fingerprint density at radius 3 is 1.98 bits per heavy atom. The molecule has 0 spiro atoms. The van der Waals surface area contributed by atoms with Crippen LogP contribution in [0.2, 0.25) is 0 Å². The van der Waals surface area contributed by atoms with Gasteiger partial charge in [-0.25, -0.2) is 0 Å². The third kappa shape index (κ3) is 8.49. The minimum Gasteiger partial charge on any atom is -0.354 e. The van der Waals surface area contributed by atoms with Crippen LogP contribution in [0.5, 0.6) is 0 Å². The van der Waals surface area contributed by atoms with Gasteiger partial charge in [-0.1, -0.05) is 105 Å². The number of benzene rings is 4. The molecule has 4 aromatic carbocycles. The molecule has 3 N–H and O–H groups in total. The Morgan fingerprint density at radius 2 is 1.38 bits per heavy atom. The van der Waals surface area contributed by atoms with Crippen molar-refractivity contribution in [2.45, 2.75) is 64.0 Å². The number of unbranched alkanes of at least 4 members (excludes halogenated alkanes) is 2. The molecule has 3 amide bonds. The first-order valence-corrected chi connectivity index (χ1v) is 16.4. The summed E-state index contributed by atoms with van der Waals surface area (Å²) in [7, 11) is 1.70. The van der Waals surface area contributed by atoms with Gasteiger partial charge < -0.3 is 20.9 Å². The van der Waals surface area contributed by atoms with Gasteiger partial charge in [0, 0.05) is 32.4 Å². The first-order valence-electron chi connectivity index (χ1n) is 16.4. The zero-order valence-corrected chi connectivity index (χ0v) is 26.6. The number of amides is 3. The molecule has 0 aromatic heterocycles. The number of rotatable bonds is 13. The summed E-state index contributed by atoms with van der Waals surface area (Å²) in [5, 5.41) is 13.9. The average molecular weight is 607 g/mol. The van der Waals surface area contributed by atoms with Gasteiger partial charge in [-0.2, -0.15) is 0 Å². The van der Waals surface area contributed by atoms with Gasteiger partial charge in [0.1, 0.15) is 12.1 Å². The lowest BCUT2D eigenvalue weighted by Gasteiger charge is -2.32. The predicted octanol–water partition coefficient (Wildman–Crippen LogP) is 5.40. The van der Waals surface area contributed by atoms with E-state index in [4.69, 9.17) is 0 Å². The zero-order chi connectivity index (χ0) is 31.6. The summed E-state index contributed by atoms with van der Waals surface area (Å²) < 4.78 is 0. The molecule has 0 aliphatic carbocycles. The van der Waals surface area contributed by atoms with E-state index in [1.807, 2.05) is 36.4 Å². The number of likely N-dealkylation sites (N-methyl/N-ethyl adjacent to an activating group) is 1. The second-order valence-corrected chi connectivity index (χ2v) is 12.3. The largest absolute Gasteiger partial charge is 0.354 e. The molecule has 0 bridgehead atoms. The quantitative estimate of drug-likeness (QED) is 0.178. The maximum absolute atomic E-state index is 14.4. The van der Waals surface area contributed by atoms with E-state index in [1.54, 1.807) is 11.9 Å². The van der Waals surface area contributed by atoms with Gasteiger partial charge in [-0.3, -0.25) is 14.4 Å². The Bertz CT molecular complexity index is 1610. The first kappa shape index (κ1) is 32.2. The lowest BCUT2D eigenvalue weighted by molar-refractivity contribution is -0.142. The minimum atomic E-state index is -0.800. The number of nitrogens with one attached hydrogen (secondary N) is 3. The number of carbonyl (C=O) groups excluding carboxylic acids is 3. The van der Waals surface area contributed by atoms with Crippen LogP contribution >= 0.6 is 0 Å². The number of piperidine rings is 1. The Morgan fingerprint density at radius 1 is 0.800 bits per heavy atom. The molecule has 1 fully saturated rings. The fraction of sp³-hybridized carbons (Fsp3) is 0.395. The van der Waals surface area contributed by atoms with E-state index in [1.165, 1.54) is 0 Å². The van der Waals surface area contributed by atoms with E-state index in [2.05, 4.69) is 71.4 Å². The van der Waals surface area contributed by atoms with Crippen molar-refractivity contribution < 1.29 is 14.4 Å². The molecule has 1 aliphatic rings. The summed E-state index contributed by atoms with van der Waals surface area (Å²) in [6.07, 6.45) is 5.16. The molecule has 5 rings (SSSR count). The molecule has 45 heavy (non-hydrogen) atoms. The van der Waals surface area contributed by atoms with Crippen LogP contribution in [0.1, 0.15) is 50.2 Å². The molecular formula is C38H46N4O3. The Balaban J connectivity index is 1.41. The summed E-state index contributed by atoms with van der Waals surface area (Å²) >= 11 is 0. The number of hydrogen-bond donors (Lipinski definition) is 3. The third-order valence-electron chi connectivity index (χ3n) is 9.02. The van der Waals surface area contributed by atoms with Crippen LogP contribution in [-0.4, -0.2) is 61.4 Å². The van der Waals surface area contributed by atoms with Crippen LogP contribution in [-0.2, 0) is 27.2 Å². The number of fused-ring (bicyclic) bond motifs is 2. The highest BCUT2D eigenvalue weighted by Gasteiger charge is 2.34. The lowest BCUT2D eigenvalue weighted by atomic mass is 9.95. The monoisotopic (exact) mass is 606 g/mol. The SMILES string of the molecule is CCCCCNC(=O)C(Cc1ccc2ccccc2c1)N(C)C(=O)C(Cc1ccc2ccccc2c1)NC(=O)C1CCNCC1. The number of carbonyl (C=O) groups is 3. The van der Waals surface area contributed by atoms with Crippen LogP contribution in [0.25, 0.3) is 21.5 Å². The van der Waals surface area contributed by atoms with E-state index >= 15 is 0 Å². The van der Waals surface area contributed by atoms with Crippen LogP contribution in [0, 0.1) is 5.92 Å². The van der Waals surface area contributed by atoms with Gasteiger partial charge in [0.2, 0.25) is 17.7 Å². The molecule has 0 radical (unpaired) electrons. The normalized spacial score (nSPS) is 15.0. The van der Waals surface area contributed by atoms with Crippen molar-refractivity contribution in [1.82, 2.24) is 20.9 Å². The predicted molar refractivity (Wildman–Crippen MR) is 182 cm³/mol. The lowest BCUT2D eigenvalue weighted by Crippen LogP contribution is -2.56. The van der Waals surface area contributed by atoms with E-state index in [9.17, 15) is 14.4 Å². The van der Waals surface area contributed by atoms with Crippen molar-refractivity contribution in [2.75, 3.05) is 26.7 Å². The highest BCUT2D eigenvalue weighted by Crippen LogP contribution is 2.21. The van der Waals surface area contributed by atoms with E-state index < -0.39 is 12.1 Å². The highest BCUT2D eigenvalue weighted by atomic mass is 16.2. The van der Waals surface area contributed by atoms with Gasteiger partial charge in [0.05, 0.1) is 0 Å². The highest BCUT2D eigenvalue weighted by molar-refractivity contribution is 5.93. The standard InChI is InChI=1S/C38H46N4O3/c1-3-4-9-20-40-37(44)35(26-28-15-17-30-11-6-8-13-33(30)24-28)42(2)38(45)34(41-36(43)31-18-21-39-22-19-31)25-27-14-16-29-10-5-7-12-32(29)23-27/h5-8,10-17,23-24,31,34-35,39H,3-4,9,18-22,25-26H2,1-2H3,(H,40,44)(H,41,43). The summed E-state index contributed by atoms with van der Waals surface area (Å²) in [6.45, 7) is 4.26. The molecule has 1 saturated heterocycles. The smallest absolute Gasteiger partial charge is 0.245 e. The maximum atomic E-state index is 14.4. The van der Waals surface area contributed by atoms with Crippen molar-refractivity contribution in [1.29, 1.82) is 0 Å². The van der Waals surface area contributed by atoms with Crippen LogP contribution in [0.4, 0.5) is 0 Å². The fourth-order valence-electron chi connectivity index (χ4n) is 6.27. The number of hydrogen-bond acceptors (Lipinski definition) is 4. The third-order valence-corrected chi connectivity index (χ3v) is 9.02. The van der Waals surface area contributed by atoms with E-state index in [-0.39, 0.29) is 23.6 Å². The molecule has 236 valence electrons. The minimum absolute atomic E-state index is 0.0980.